The molecule has 0 aliphatic carbocycles. The normalized spacial score (nSPS) is 19.0. The lowest BCUT2D eigenvalue weighted by Crippen LogP contribution is -2.61. The summed E-state index contributed by atoms with van der Waals surface area (Å²) in [5.41, 5.74) is 0.422. The second-order valence-electron chi connectivity index (χ2n) is 8.17. The highest BCUT2D eigenvalue weighted by Crippen LogP contribution is 2.28. The van der Waals surface area contributed by atoms with E-state index >= 15 is 0 Å². The molecule has 7 heteroatoms. The minimum atomic E-state index is -1.04. The first-order valence-electron chi connectivity index (χ1n) is 8.82. The molecule has 1 aliphatic rings. The molecule has 2 rings (SSSR count). The number of piperidine rings is 1. The van der Waals surface area contributed by atoms with Crippen LogP contribution in [0.4, 0.5) is 5.69 Å². The Morgan fingerprint density at radius 1 is 1.19 bits per heavy atom. The second kappa shape index (κ2) is 7.80. The predicted molar refractivity (Wildman–Crippen MR) is 103 cm³/mol. The molecule has 0 unspecified atom stereocenters. The molecule has 0 radical (unpaired) electrons. The summed E-state index contributed by atoms with van der Waals surface area (Å²) in [5.74, 6) is -1.58. The Balaban J connectivity index is 2.03. The van der Waals surface area contributed by atoms with Gasteiger partial charge < -0.3 is 21.1 Å². The maximum atomic E-state index is 12.3. The smallest absolute Gasteiger partial charge is 0.335 e. The van der Waals surface area contributed by atoms with Crippen LogP contribution in [-0.4, -0.2) is 34.1 Å². The van der Waals surface area contributed by atoms with Gasteiger partial charge in [-0.2, -0.15) is 5.26 Å². The molecule has 0 spiro atoms. The fourth-order valence-electron chi connectivity index (χ4n) is 3.68. The van der Waals surface area contributed by atoms with Crippen LogP contribution in [0.5, 0.6) is 0 Å². The van der Waals surface area contributed by atoms with Crippen molar-refractivity contribution >= 4 is 17.6 Å². The van der Waals surface area contributed by atoms with Crippen molar-refractivity contribution < 1.29 is 14.7 Å². The van der Waals surface area contributed by atoms with Gasteiger partial charge >= 0.3 is 5.97 Å². The van der Waals surface area contributed by atoms with Crippen molar-refractivity contribution in [2.24, 2.45) is 0 Å². The van der Waals surface area contributed by atoms with Gasteiger partial charge in [-0.25, -0.2) is 4.79 Å². The van der Waals surface area contributed by atoms with Crippen LogP contribution in [0.15, 0.2) is 36.0 Å². The van der Waals surface area contributed by atoms with Gasteiger partial charge in [0, 0.05) is 29.0 Å². The Labute approximate surface area is 159 Å². The SMILES string of the molecule is CC1(C)CC(N/C=C(/C#N)C(=O)Nc2ccc(C(=O)O)cc2)CC(C)(C)N1. The van der Waals surface area contributed by atoms with Gasteiger partial charge in [0.05, 0.1) is 5.56 Å². The van der Waals surface area contributed by atoms with Crippen molar-refractivity contribution in [2.75, 3.05) is 5.32 Å². The monoisotopic (exact) mass is 370 g/mol. The second-order valence-corrected chi connectivity index (χ2v) is 8.17. The molecule has 0 aromatic heterocycles. The fraction of sp³-hybridized carbons (Fsp3) is 0.450. The van der Waals surface area contributed by atoms with Crippen LogP contribution < -0.4 is 16.0 Å². The van der Waals surface area contributed by atoms with Crippen LogP contribution in [0, 0.1) is 11.3 Å². The lowest BCUT2D eigenvalue weighted by Gasteiger charge is -2.46. The summed E-state index contributed by atoms with van der Waals surface area (Å²) in [4.78, 5) is 23.2. The lowest BCUT2D eigenvalue weighted by molar-refractivity contribution is -0.112. The number of rotatable bonds is 5. The number of carbonyl (C=O) groups excluding carboxylic acids is 1. The van der Waals surface area contributed by atoms with Crippen molar-refractivity contribution in [3.05, 3.63) is 41.6 Å². The summed E-state index contributed by atoms with van der Waals surface area (Å²) in [6.45, 7) is 8.52. The van der Waals surface area contributed by atoms with Crippen LogP contribution >= 0.6 is 0 Å². The van der Waals surface area contributed by atoms with E-state index in [4.69, 9.17) is 5.11 Å². The van der Waals surface area contributed by atoms with Gasteiger partial charge in [-0.05, 0) is 64.8 Å². The molecule has 0 saturated carbocycles. The molecule has 0 bridgehead atoms. The van der Waals surface area contributed by atoms with Crippen molar-refractivity contribution in [3.63, 3.8) is 0 Å². The number of anilines is 1. The third-order valence-corrected chi connectivity index (χ3v) is 4.41. The number of nitrogens with zero attached hydrogens (tertiary/aromatic N) is 1. The standard InChI is InChI=1S/C20H26N4O3/c1-19(2)9-16(10-20(3,4)24-19)22-12-14(11-21)17(25)23-15-7-5-13(6-8-15)18(26)27/h5-8,12,16,22,24H,9-10H2,1-4H3,(H,23,25)(H,26,27)/b14-12-. The summed E-state index contributed by atoms with van der Waals surface area (Å²) in [6, 6.07) is 7.81. The lowest BCUT2D eigenvalue weighted by atomic mass is 9.80. The van der Waals surface area contributed by atoms with E-state index in [2.05, 4.69) is 43.6 Å². The maximum Gasteiger partial charge on any atom is 0.335 e. The molecule has 1 aliphatic heterocycles. The van der Waals surface area contributed by atoms with Crippen LogP contribution in [0.1, 0.15) is 50.9 Å². The Bertz CT molecular complexity index is 772. The highest BCUT2D eigenvalue weighted by Gasteiger charge is 2.37. The van der Waals surface area contributed by atoms with Gasteiger partial charge in [-0.1, -0.05) is 0 Å². The molecule has 1 amide bonds. The molecule has 1 fully saturated rings. The zero-order chi connectivity index (χ0) is 20.2. The number of carboxylic acid groups (broad SMARTS) is 1. The molecule has 1 heterocycles. The number of hydrogen-bond donors (Lipinski definition) is 4. The molecule has 7 nitrogen and oxygen atoms in total. The molecule has 4 N–H and O–H groups in total. The fourth-order valence-corrected chi connectivity index (χ4v) is 3.68. The van der Waals surface area contributed by atoms with E-state index < -0.39 is 11.9 Å². The zero-order valence-corrected chi connectivity index (χ0v) is 16.1. The Kier molecular flexibility index (Phi) is 5.91. The first-order chi connectivity index (χ1) is 12.5. The Hall–Kier alpha value is -2.85. The minimum absolute atomic E-state index is 0.0357. The van der Waals surface area contributed by atoms with Gasteiger partial charge in [0.15, 0.2) is 0 Å². The van der Waals surface area contributed by atoms with Gasteiger partial charge in [-0.3, -0.25) is 4.79 Å². The average Bonchev–Trinajstić information content (AvgIpc) is 2.53. The van der Waals surface area contributed by atoms with Gasteiger partial charge in [0.2, 0.25) is 0 Å². The predicted octanol–water partition coefficient (Wildman–Crippen LogP) is 2.63. The van der Waals surface area contributed by atoms with Crippen molar-refractivity contribution in [3.8, 4) is 6.07 Å². The van der Waals surface area contributed by atoms with Gasteiger partial charge in [0.1, 0.15) is 11.6 Å². The Morgan fingerprint density at radius 2 is 1.74 bits per heavy atom. The zero-order valence-electron chi connectivity index (χ0n) is 16.1. The summed E-state index contributed by atoms with van der Waals surface area (Å²) >= 11 is 0. The van der Waals surface area contributed by atoms with Crippen LogP contribution in [-0.2, 0) is 4.79 Å². The van der Waals surface area contributed by atoms with Gasteiger partial charge in [0.25, 0.3) is 5.91 Å². The Morgan fingerprint density at radius 3 is 2.22 bits per heavy atom. The van der Waals surface area contributed by atoms with Crippen molar-refractivity contribution in [2.45, 2.75) is 57.7 Å². The number of amides is 1. The molecular formula is C20H26N4O3. The highest BCUT2D eigenvalue weighted by atomic mass is 16.4. The summed E-state index contributed by atoms with van der Waals surface area (Å²) in [7, 11) is 0. The average molecular weight is 370 g/mol. The number of nitriles is 1. The molecule has 1 aromatic rings. The number of nitrogens with one attached hydrogen (secondary N) is 3. The minimum Gasteiger partial charge on any atom is -0.478 e. The van der Waals surface area contributed by atoms with E-state index in [0.717, 1.165) is 12.8 Å². The van der Waals surface area contributed by atoms with E-state index in [0.29, 0.717) is 5.69 Å². The first kappa shape index (κ1) is 20.5. The third kappa shape index (κ3) is 5.83. The largest absolute Gasteiger partial charge is 0.478 e. The third-order valence-electron chi connectivity index (χ3n) is 4.41. The number of benzene rings is 1. The van der Waals surface area contributed by atoms with E-state index in [-0.39, 0.29) is 28.3 Å². The van der Waals surface area contributed by atoms with Crippen molar-refractivity contribution in [1.29, 1.82) is 5.26 Å². The molecular weight excluding hydrogens is 344 g/mol. The van der Waals surface area contributed by atoms with Crippen LogP contribution in [0.25, 0.3) is 0 Å². The van der Waals surface area contributed by atoms with Crippen molar-refractivity contribution in [1.82, 2.24) is 10.6 Å². The van der Waals surface area contributed by atoms with Crippen LogP contribution in [0.2, 0.25) is 0 Å². The molecule has 27 heavy (non-hydrogen) atoms. The van der Waals surface area contributed by atoms with E-state index in [1.165, 1.54) is 30.5 Å². The first-order valence-corrected chi connectivity index (χ1v) is 8.82. The highest BCUT2D eigenvalue weighted by molar-refractivity contribution is 6.06. The number of aromatic carboxylic acids is 1. The molecule has 1 aromatic carbocycles. The summed E-state index contributed by atoms with van der Waals surface area (Å²) in [5, 5.41) is 27.6. The molecule has 0 atom stereocenters. The number of hydrogen-bond acceptors (Lipinski definition) is 5. The molecule has 144 valence electrons. The maximum absolute atomic E-state index is 12.3. The van der Waals surface area contributed by atoms with Gasteiger partial charge in [-0.15, -0.1) is 0 Å². The van der Waals surface area contributed by atoms with Crippen LogP contribution in [0.3, 0.4) is 0 Å². The number of carboxylic acids is 1. The van der Waals surface area contributed by atoms with E-state index in [9.17, 15) is 14.9 Å². The quantitative estimate of drug-likeness (QED) is 0.468. The molecule has 1 saturated heterocycles. The number of carbonyl (C=O) groups is 2. The topological polar surface area (TPSA) is 114 Å². The van der Waals surface area contributed by atoms with E-state index in [1.54, 1.807) is 0 Å². The van der Waals surface area contributed by atoms with E-state index in [1.807, 2.05) is 6.07 Å². The summed E-state index contributed by atoms with van der Waals surface area (Å²) in [6.07, 6.45) is 3.19. The summed E-state index contributed by atoms with van der Waals surface area (Å²) < 4.78 is 0.